The Bertz CT molecular complexity index is 1460. The van der Waals surface area contributed by atoms with Crippen molar-refractivity contribution in [1.29, 1.82) is 0 Å². The molecule has 0 saturated heterocycles. The van der Waals surface area contributed by atoms with Crippen LogP contribution in [0.1, 0.15) is 5.69 Å². The monoisotopic (exact) mass is 399 g/mol. The van der Waals surface area contributed by atoms with Crippen molar-refractivity contribution in [1.82, 2.24) is 13.9 Å². The van der Waals surface area contributed by atoms with Crippen molar-refractivity contribution < 1.29 is 8.42 Å². The molecule has 2 heterocycles. The molecule has 0 saturated carbocycles. The molecule has 0 N–H and O–H groups in total. The summed E-state index contributed by atoms with van der Waals surface area (Å²) in [5, 5.41) is 0.761. The predicted octanol–water partition coefficient (Wildman–Crippen LogP) is 4.80. The van der Waals surface area contributed by atoms with Gasteiger partial charge in [0.05, 0.1) is 21.8 Å². The first-order chi connectivity index (χ1) is 14.1. The molecule has 2 aromatic heterocycles. The molecule has 142 valence electrons. The number of nitrogens with zero attached hydrogens (tertiary/aromatic N) is 3. The van der Waals surface area contributed by atoms with E-state index in [-0.39, 0.29) is 4.90 Å². The minimum Gasteiger partial charge on any atom is -0.247 e. The summed E-state index contributed by atoms with van der Waals surface area (Å²) in [5.41, 5.74) is 3.80. The second-order valence-corrected chi connectivity index (χ2v) is 8.58. The average Bonchev–Trinajstić information content (AvgIpc) is 3.08. The van der Waals surface area contributed by atoms with Gasteiger partial charge in [-0.1, -0.05) is 66.7 Å². The van der Waals surface area contributed by atoms with Gasteiger partial charge in [-0.25, -0.2) is 22.4 Å². The summed E-state index contributed by atoms with van der Waals surface area (Å²) in [6.45, 7) is 1.90. The molecule has 29 heavy (non-hydrogen) atoms. The van der Waals surface area contributed by atoms with Crippen molar-refractivity contribution in [2.45, 2.75) is 11.8 Å². The summed E-state index contributed by atoms with van der Waals surface area (Å²) < 4.78 is 28.4. The highest BCUT2D eigenvalue weighted by Gasteiger charge is 2.25. The number of fused-ring (bicyclic) bond motifs is 3. The van der Waals surface area contributed by atoms with E-state index in [1.165, 1.54) is 3.97 Å². The van der Waals surface area contributed by atoms with Gasteiger partial charge >= 0.3 is 0 Å². The smallest absolute Gasteiger partial charge is 0.247 e. The topological polar surface area (TPSA) is 64.8 Å². The highest BCUT2D eigenvalue weighted by atomic mass is 32.2. The number of aryl methyl sites for hydroxylation is 1. The van der Waals surface area contributed by atoms with Crippen molar-refractivity contribution >= 4 is 32.1 Å². The Labute approximate surface area is 168 Å². The van der Waals surface area contributed by atoms with Gasteiger partial charge in [-0.3, -0.25) is 0 Å². The Morgan fingerprint density at radius 2 is 1.38 bits per heavy atom. The lowest BCUT2D eigenvalue weighted by atomic mass is 10.1. The maximum Gasteiger partial charge on any atom is 0.269 e. The molecule has 6 heteroatoms. The Morgan fingerprint density at radius 3 is 2.10 bits per heavy atom. The third-order valence-electron chi connectivity index (χ3n) is 4.95. The summed E-state index contributed by atoms with van der Waals surface area (Å²) in [6, 6.07) is 25.5. The van der Waals surface area contributed by atoms with Crippen molar-refractivity contribution in [3.63, 3.8) is 0 Å². The Balaban J connectivity index is 1.92. The fraction of sp³-hybridized carbons (Fsp3) is 0.0435. The van der Waals surface area contributed by atoms with Crippen LogP contribution in [0.25, 0.3) is 33.3 Å². The first-order valence-electron chi connectivity index (χ1n) is 9.21. The van der Waals surface area contributed by atoms with Crippen LogP contribution in [0.5, 0.6) is 0 Å². The summed E-state index contributed by atoms with van der Waals surface area (Å²) in [5.74, 6) is 0. The molecule has 0 aliphatic rings. The van der Waals surface area contributed by atoms with Gasteiger partial charge in [0.2, 0.25) is 0 Å². The van der Waals surface area contributed by atoms with E-state index in [1.807, 2.05) is 55.5 Å². The van der Waals surface area contributed by atoms with Crippen molar-refractivity contribution in [2.24, 2.45) is 0 Å². The maximum atomic E-state index is 13.6. The van der Waals surface area contributed by atoms with Crippen LogP contribution < -0.4 is 0 Å². The second kappa shape index (κ2) is 6.53. The molecular weight excluding hydrogens is 382 g/mol. The van der Waals surface area contributed by atoms with E-state index in [2.05, 4.69) is 0 Å². The van der Waals surface area contributed by atoms with Crippen LogP contribution in [0.2, 0.25) is 0 Å². The Morgan fingerprint density at radius 1 is 0.759 bits per heavy atom. The zero-order valence-electron chi connectivity index (χ0n) is 15.6. The van der Waals surface area contributed by atoms with Gasteiger partial charge in [-0.15, -0.1) is 0 Å². The number of para-hydroxylation sites is 1. The number of hydrogen-bond donors (Lipinski definition) is 0. The molecule has 3 aromatic carbocycles. The van der Waals surface area contributed by atoms with Crippen LogP contribution in [-0.2, 0) is 10.0 Å². The fourth-order valence-corrected chi connectivity index (χ4v) is 5.09. The van der Waals surface area contributed by atoms with Gasteiger partial charge in [0.1, 0.15) is 5.52 Å². The van der Waals surface area contributed by atoms with Gasteiger partial charge in [0.15, 0.2) is 5.65 Å². The molecule has 0 unspecified atom stereocenters. The molecule has 0 bridgehead atoms. The van der Waals surface area contributed by atoms with E-state index in [0.29, 0.717) is 22.4 Å². The van der Waals surface area contributed by atoms with Crippen molar-refractivity contribution in [3.05, 3.63) is 90.6 Å². The summed E-state index contributed by atoms with van der Waals surface area (Å²) >= 11 is 0. The van der Waals surface area contributed by atoms with E-state index >= 15 is 0 Å². The minimum absolute atomic E-state index is 0.214. The van der Waals surface area contributed by atoms with E-state index in [0.717, 1.165) is 16.6 Å². The highest BCUT2D eigenvalue weighted by molar-refractivity contribution is 7.90. The molecule has 5 nitrogen and oxygen atoms in total. The van der Waals surface area contributed by atoms with Crippen LogP contribution in [0.3, 0.4) is 0 Å². The van der Waals surface area contributed by atoms with Gasteiger partial charge in [0.25, 0.3) is 10.0 Å². The molecule has 0 radical (unpaired) electrons. The number of hydrogen-bond acceptors (Lipinski definition) is 4. The molecular formula is C23H17N3O2S. The number of rotatable bonds is 3. The standard InChI is InChI=1S/C23H17N3O2S/c1-16-21(17-10-4-2-5-11-17)25-23-22(24-16)19-14-8-9-15-20(19)26(23)29(27,28)18-12-6-3-7-13-18/h2-15H,1H3. The van der Waals surface area contributed by atoms with Crippen LogP contribution in [0.15, 0.2) is 89.8 Å². The Kier molecular flexibility index (Phi) is 3.96. The zero-order valence-corrected chi connectivity index (χ0v) is 16.5. The van der Waals surface area contributed by atoms with E-state index in [9.17, 15) is 8.42 Å². The predicted molar refractivity (Wildman–Crippen MR) is 114 cm³/mol. The van der Waals surface area contributed by atoms with Crippen molar-refractivity contribution in [2.75, 3.05) is 0 Å². The van der Waals surface area contributed by atoms with Crippen molar-refractivity contribution in [3.8, 4) is 11.3 Å². The molecule has 0 spiro atoms. The lowest BCUT2D eigenvalue weighted by Gasteiger charge is -2.10. The third kappa shape index (κ3) is 2.72. The number of benzene rings is 3. The fourth-order valence-electron chi connectivity index (χ4n) is 3.61. The normalized spacial score (nSPS) is 11.9. The van der Waals surface area contributed by atoms with E-state index in [4.69, 9.17) is 9.97 Å². The highest BCUT2D eigenvalue weighted by Crippen LogP contribution is 2.32. The average molecular weight is 399 g/mol. The molecule has 5 aromatic rings. The largest absolute Gasteiger partial charge is 0.269 e. The van der Waals surface area contributed by atoms with Gasteiger partial charge in [0, 0.05) is 10.9 Å². The quantitative estimate of drug-likeness (QED) is 0.437. The lowest BCUT2D eigenvalue weighted by Crippen LogP contribution is -2.13. The molecule has 0 aliphatic heterocycles. The van der Waals surface area contributed by atoms with Crippen LogP contribution in [0, 0.1) is 6.92 Å². The van der Waals surface area contributed by atoms with E-state index < -0.39 is 10.0 Å². The maximum absolute atomic E-state index is 13.6. The molecule has 5 rings (SSSR count). The Hall–Kier alpha value is -3.51. The first kappa shape index (κ1) is 17.6. The summed E-state index contributed by atoms with van der Waals surface area (Å²) in [4.78, 5) is 9.77. The SMILES string of the molecule is Cc1nc2c3ccccc3n(S(=O)(=O)c3ccccc3)c2nc1-c1ccccc1. The molecule has 0 aliphatic carbocycles. The minimum atomic E-state index is -3.85. The van der Waals surface area contributed by atoms with Crippen LogP contribution >= 0.6 is 0 Å². The van der Waals surface area contributed by atoms with Gasteiger partial charge in [-0.2, -0.15) is 0 Å². The molecule has 0 amide bonds. The summed E-state index contributed by atoms with van der Waals surface area (Å²) in [7, 11) is -3.85. The number of aromatic nitrogens is 3. The zero-order chi connectivity index (χ0) is 20.0. The van der Waals surface area contributed by atoms with Gasteiger partial charge < -0.3 is 0 Å². The van der Waals surface area contributed by atoms with E-state index in [1.54, 1.807) is 36.4 Å². The molecule has 0 fully saturated rings. The first-order valence-corrected chi connectivity index (χ1v) is 10.7. The molecule has 0 atom stereocenters. The van der Waals surface area contributed by atoms with Crippen LogP contribution in [0.4, 0.5) is 0 Å². The van der Waals surface area contributed by atoms with Crippen LogP contribution in [-0.4, -0.2) is 22.4 Å². The van der Waals surface area contributed by atoms with Gasteiger partial charge in [-0.05, 0) is 25.1 Å². The third-order valence-corrected chi connectivity index (χ3v) is 6.67. The second-order valence-electron chi connectivity index (χ2n) is 6.80. The summed E-state index contributed by atoms with van der Waals surface area (Å²) in [6.07, 6.45) is 0. The lowest BCUT2D eigenvalue weighted by molar-refractivity contribution is 0.590.